The second-order valence-electron chi connectivity index (χ2n) is 3.00. The number of hydrogen-bond donors (Lipinski definition) is 0. The van der Waals surface area contributed by atoms with Crippen LogP contribution < -0.4 is 4.90 Å². The molecular weight excluding hydrogens is 230 g/mol. The van der Waals surface area contributed by atoms with Gasteiger partial charge in [0.1, 0.15) is 0 Å². The highest BCUT2D eigenvalue weighted by atomic mass is 32.1. The normalized spacial score (nSPS) is 10.2. The SMILES string of the molecule is CN(Cc1cscn1)c1ncc(C=O)s1. The molecule has 15 heavy (non-hydrogen) atoms. The number of nitrogens with zero attached hydrogens (tertiary/aromatic N) is 3. The molecule has 0 radical (unpaired) electrons. The molecule has 0 bridgehead atoms. The molecule has 0 aromatic carbocycles. The third-order valence-electron chi connectivity index (χ3n) is 1.84. The van der Waals surface area contributed by atoms with Gasteiger partial charge in [0.15, 0.2) is 11.4 Å². The Morgan fingerprint density at radius 1 is 1.53 bits per heavy atom. The molecule has 6 heteroatoms. The van der Waals surface area contributed by atoms with Crippen molar-refractivity contribution in [1.82, 2.24) is 9.97 Å². The van der Waals surface area contributed by atoms with Crippen LogP contribution in [0.1, 0.15) is 15.4 Å². The molecule has 0 atom stereocenters. The fourth-order valence-corrected chi connectivity index (χ4v) is 2.37. The van der Waals surface area contributed by atoms with Crippen LogP contribution in [0, 0.1) is 0 Å². The zero-order valence-corrected chi connectivity index (χ0v) is 9.72. The first kappa shape index (κ1) is 10.3. The fraction of sp³-hybridized carbons (Fsp3) is 0.222. The van der Waals surface area contributed by atoms with Crippen molar-refractivity contribution in [2.75, 3.05) is 11.9 Å². The van der Waals surface area contributed by atoms with Crippen molar-refractivity contribution in [3.8, 4) is 0 Å². The summed E-state index contributed by atoms with van der Waals surface area (Å²) in [5, 5.41) is 2.84. The number of hydrogen-bond acceptors (Lipinski definition) is 6. The van der Waals surface area contributed by atoms with Crippen LogP contribution in [-0.2, 0) is 6.54 Å². The van der Waals surface area contributed by atoms with E-state index in [1.54, 1.807) is 17.5 Å². The molecule has 0 saturated heterocycles. The number of aldehydes is 1. The van der Waals surface area contributed by atoms with Gasteiger partial charge in [0.25, 0.3) is 0 Å². The van der Waals surface area contributed by atoms with Crippen molar-refractivity contribution >= 4 is 34.1 Å². The zero-order chi connectivity index (χ0) is 10.7. The average molecular weight is 239 g/mol. The molecule has 0 amide bonds. The minimum atomic E-state index is 0.648. The van der Waals surface area contributed by atoms with Crippen LogP contribution in [-0.4, -0.2) is 23.3 Å². The maximum atomic E-state index is 10.5. The number of carbonyl (C=O) groups excluding carboxylic acids is 1. The van der Waals surface area contributed by atoms with E-state index in [4.69, 9.17) is 0 Å². The van der Waals surface area contributed by atoms with E-state index in [2.05, 4.69) is 9.97 Å². The van der Waals surface area contributed by atoms with Crippen molar-refractivity contribution in [1.29, 1.82) is 0 Å². The van der Waals surface area contributed by atoms with Crippen molar-refractivity contribution < 1.29 is 4.79 Å². The Hall–Kier alpha value is -1.27. The van der Waals surface area contributed by atoms with Gasteiger partial charge in [-0.3, -0.25) is 4.79 Å². The highest BCUT2D eigenvalue weighted by molar-refractivity contribution is 7.17. The number of aromatic nitrogens is 2. The summed E-state index contributed by atoms with van der Waals surface area (Å²) in [6.07, 6.45) is 2.41. The Labute approximate surface area is 95.2 Å². The van der Waals surface area contributed by atoms with Crippen molar-refractivity contribution in [3.63, 3.8) is 0 Å². The minimum absolute atomic E-state index is 0.648. The molecule has 2 heterocycles. The summed E-state index contributed by atoms with van der Waals surface area (Å²) in [5.74, 6) is 0. The summed E-state index contributed by atoms with van der Waals surface area (Å²) in [6, 6.07) is 0. The van der Waals surface area contributed by atoms with Crippen LogP contribution in [0.25, 0.3) is 0 Å². The van der Waals surface area contributed by atoms with Crippen molar-refractivity contribution in [2.24, 2.45) is 0 Å². The first-order chi connectivity index (χ1) is 7.29. The van der Waals surface area contributed by atoms with E-state index in [0.717, 1.165) is 23.7 Å². The van der Waals surface area contributed by atoms with Crippen LogP contribution in [0.4, 0.5) is 5.13 Å². The molecular formula is C9H9N3OS2. The number of anilines is 1. The number of rotatable bonds is 4. The summed E-state index contributed by atoms with van der Waals surface area (Å²) >= 11 is 2.96. The van der Waals surface area contributed by atoms with Crippen molar-refractivity contribution in [2.45, 2.75) is 6.54 Å². The van der Waals surface area contributed by atoms with Crippen LogP contribution in [0.15, 0.2) is 17.1 Å². The second kappa shape index (κ2) is 4.50. The Morgan fingerprint density at radius 2 is 2.40 bits per heavy atom. The molecule has 4 nitrogen and oxygen atoms in total. The van der Waals surface area contributed by atoms with Gasteiger partial charge in [-0.05, 0) is 0 Å². The maximum Gasteiger partial charge on any atom is 0.186 e. The van der Waals surface area contributed by atoms with Gasteiger partial charge in [0, 0.05) is 12.4 Å². The van der Waals surface area contributed by atoms with Gasteiger partial charge in [-0.1, -0.05) is 11.3 Å². The van der Waals surface area contributed by atoms with E-state index >= 15 is 0 Å². The van der Waals surface area contributed by atoms with Gasteiger partial charge in [-0.25, -0.2) is 9.97 Å². The smallest absolute Gasteiger partial charge is 0.186 e. The molecule has 0 aliphatic heterocycles. The lowest BCUT2D eigenvalue weighted by atomic mass is 10.5. The van der Waals surface area contributed by atoms with Gasteiger partial charge < -0.3 is 4.90 Å². The third kappa shape index (κ3) is 2.40. The van der Waals surface area contributed by atoms with E-state index in [9.17, 15) is 4.79 Å². The maximum absolute atomic E-state index is 10.5. The quantitative estimate of drug-likeness (QED) is 0.766. The Balaban J connectivity index is 2.07. The topological polar surface area (TPSA) is 46.1 Å². The molecule has 0 spiro atoms. The standard InChI is InChI=1S/C9H9N3OS2/c1-12(3-7-5-14-6-11-7)9-10-2-8(4-13)15-9/h2,4-6H,3H2,1H3. The predicted octanol–water partition coefficient (Wildman–Crippen LogP) is 2.05. The second-order valence-corrected chi connectivity index (χ2v) is 4.76. The molecule has 2 rings (SSSR count). The highest BCUT2D eigenvalue weighted by Crippen LogP contribution is 2.21. The lowest BCUT2D eigenvalue weighted by Gasteiger charge is -2.13. The largest absolute Gasteiger partial charge is 0.345 e. The molecule has 0 aliphatic rings. The Morgan fingerprint density at radius 3 is 3.00 bits per heavy atom. The van der Waals surface area contributed by atoms with Crippen molar-refractivity contribution in [3.05, 3.63) is 27.7 Å². The Kier molecular flexibility index (Phi) is 3.08. The molecule has 2 aromatic heterocycles. The predicted molar refractivity (Wildman–Crippen MR) is 61.7 cm³/mol. The third-order valence-corrected chi connectivity index (χ3v) is 3.51. The zero-order valence-electron chi connectivity index (χ0n) is 8.08. The molecule has 0 unspecified atom stereocenters. The van der Waals surface area contributed by atoms with Gasteiger partial charge in [0.2, 0.25) is 0 Å². The van der Waals surface area contributed by atoms with Gasteiger partial charge in [-0.15, -0.1) is 11.3 Å². The van der Waals surface area contributed by atoms with Gasteiger partial charge >= 0.3 is 0 Å². The summed E-state index contributed by atoms with van der Waals surface area (Å²) in [4.78, 5) is 21.5. The molecule has 78 valence electrons. The minimum Gasteiger partial charge on any atom is -0.345 e. The molecule has 0 fully saturated rings. The van der Waals surface area contributed by atoms with Crippen LogP contribution in [0.5, 0.6) is 0 Å². The molecule has 0 saturated carbocycles. The highest BCUT2D eigenvalue weighted by Gasteiger charge is 2.07. The Bertz CT molecular complexity index is 438. The van der Waals surface area contributed by atoms with E-state index in [-0.39, 0.29) is 0 Å². The summed E-state index contributed by atoms with van der Waals surface area (Å²) < 4.78 is 0. The monoisotopic (exact) mass is 239 g/mol. The lowest BCUT2D eigenvalue weighted by Crippen LogP contribution is -2.16. The summed E-state index contributed by atoms with van der Waals surface area (Å²) in [6.45, 7) is 0.718. The van der Waals surface area contributed by atoms with Crippen LogP contribution >= 0.6 is 22.7 Å². The van der Waals surface area contributed by atoms with E-state index in [0.29, 0.717) is 4.88 Å². The molecule has 0 aliphatic carbocycles. The average Bonchev–Trinajstić information content (AvgIpc) is 2.86. The first-order valence-electron chi connectivity index (χ1n) is 4.29. The van der Waals surface area contributed by atoms with Gasteiger partial charge in [0.05, 0.1) is 28.8 Å². The van der Waals surface area contributed by atoms with E-state index in [1.165, 1.54) is 11.3 Å². The molecule has 0 N–H and O–H groups in total. The molecule has 2 aromatic rings. The van der Waals surface area contributed by atoms with Crippen LogP contribution in [0.2, 0.25) is 0 Å². The number of thiazole rings is 2. The van der Waals surface area contributed by atoms with Crippen LogP contribution in [0.3, 0.4) is 0 Å². The first-order valence-corrected chi connectivity index (χ1v) is 6.04. The summed E-state index contributed by atoms with van der Waals surface area (Å²) in [7, 11) is 1.94. The lowest BCUT2D eigenvalue weighted by molar-refractivity contribution is 0.112. The fourth-order valence-electron chi connectivity index (χ4n) is 1.13. The summed E-state index contributed by atoms with van der Waals surface area (Å²) in [5.41, 5.74) is 2.83. The van der Waals surface area contributed by atoms with Gasteiger partial charge in [-0.2, -0.15) is 0 Å². The van der Waals surface area contributed by atoms with E-state index in [1.807, 2.05) is 22.8 Å². The number of carbonyl (C=O) groups is 1. The van der Waals surface area contributed by atoms with E-state index < -0.39 is 0 Å².